The van der Waals surface area contributed by atoms with Crippen molar-refractivity contribution in [3.8, 4) is 5.75 Å². The number of carbonyl (C=O) groups excluding carboxylic acids is 3. The number of ether oxygens (including phenoxy) is 1. The summed E-state index contributed by atoms with van der Waals surface area (Å²) in [6, 6.07) is 18.6. The van der Waals surface area contributed by atoms with Gasteiger partial charge in [-0.2, -0.15) is 5.10 Å². The summed E-state index contributed by atoms with van der Waals surface area (Å²) in [6.45, 7) is 1.53. The minimum Gasteiger partial charge on any atom is -0.483 e. The Hall–Kier alpha value is -3.88. The van der Waals surface area contributed by atoms with Crippen LogP contribution in [0.3, 0.4) is 0 Å². The molecular weight excluding hydrogens is 479 g/mol. The van der Waals surface area contributed by atoms with Crippen molar-refractivity contribution in [2.75, 3.05) is 17.2 Å². The van der Waals surface area contributed by atoms with Crippen LogP contribution in [-0.4, -0.2) is 30.5 Å². The SMILES string of the molecule is Cc1ccccc1NC(=O)C(=O)NN=Cc1ccccc1OCC(=O)Nc1ccc(Cl)c(Cl)c1. The Bertz CT molecular complexity index is 1250. The molecule has 0 aromatic heterocycles. The van der Waals surface area contributed by atoms with Crippen molar-refractivity contribution in [3.63, 3.8) is 0 Å². The van der Waals surface area contributed by atoms with E-state index >= 15 is 0 Å². The first kappa shape index (κ1) is 24.8. The third-order valence-electron chi connectivity index (χ3n) is 4.45. The number of carbonyl (C=O) groups is 3. The number of amides is 3. The number of nitrogens with one attached hydrogen (secondary N) is 3. The normalized spacial score (nSPS) is 10.6. The molecule has 0 fully saturated rings. The smallest absolute Gasteiger partial charge is 0.329 e. The molecule has 0 radical (unpaired) electrons. The molecule has 0 atom stereocenters. The highest BCUT2D eigenvalue weighted by Crippen LogP contribution is 2.25. The van der Waals surface area contributed by atoms with Gasteiger partial charge in [0.2, 0.25) is 0 Å². The fourth-order valence-electron chi connectivity index (χ4n) is 2.74. The van der Waals surface area contributed by atoms with Crippen molar-refractivity contribution in [3.05, 3.63) is 87.9 Å². The monoisotopic (exact) mass is 498 g/mol. The van der Waals surface area contributed by atoms with Gasteiger partial charge in [0.1, 0.15) is 5.75 Å². The Morgan fingerprint density at radius 1 is 0.912 bits per heavy atom. The van der Waals surface area contributed by atoms with Crippen LogP contribution in [0.15, 0.2) is 71.8 Å². The lowest BCUT2D eigenvalue weighted by Crippen LogP contribution is -2.32. The molecule has 0 spiro atoms. The largest absolute Gasteiger partial charge is 0.483 e. The van der Waals surface area contributed by atoms with E-state index in [1.807, 2.05) is 19.1 Å². The van der Waals surface area contributed by atoms with Crippen molar-refractivity contribution in [1.29, 1.82) is 0 Å². The first-order chi connectivity index (χ1) is 16.3. The number of halogens is 2. The molecule has 34 heavy (non-hydrogen) atoms. The maximum absolute atomic E-state index is 12.2. The number of hydrogen-bond acceptors (Lipinski definition) is 5. The number of hydrazone groups is 1. The van der Waals surface area contributed by atoms with Crippen molar-refractivity contribution in [2.24, 2.45) is 5.10 Å². The number of aryl methyl sites for hydroxylation is 1. The summed E-state index contributed by atoms with van der Waals surface area (Å²) in [7, 11) is 0. The van der Waals surface area contributed by atoms with Gasteiger partial charge in [-0.25, -0.2) is 5.43 Å². The second kappa shape index (κ2) is 11.8. The first-order valence-electron chi connectivity index (χ1n) is 10.00. The van der Waals surface area contributed by atoms with Crippen LogP contribution in [0.4, 0.5) is 11.4 Å². The van der Waals surface area contributed by atoms with Crippen LogP contribution in [0.2, 0.25) is 10.0 Å². The molecule has 3 N–H and O–H groups in total. The first-order valence-corrected chi connectivity index (χ1v) is 10.8. The van der Waals surface area contributed by atoms with Crippen molar-refractivity contribution in [1.82, 2.24) is 5.43 Å². The summed E-state index contributed by atoms with van der Waals surface area (Å²) in [5.41, 5.74) is 4.48. The minimum atomic E-state index is -0.932. The molecule has 3 aromatic carbocycles. The standard InChI is InChI=1S/C24H20Cl2N4O4/c1-15-6-2-4-8-20(15)29-23(32)24(33)30-27-13-16-7-3-5-9-21(16)34-14-22(31)28-17-10-11-18(25)19(26)12-17/h2-13H,14H2,1H3,(H,28,31)(H,29,32)(H,30,33). The predicted octanol–water partition coefficient (Wildman–Crippen LogP) is 4.41. The second-order valence-electron chi connectivity index (χ2n) is 6.97. The topological polar surface area (TPSA) is 109 Å². The zero-order valence-electron chi connectivity index (χ0n) is 18.0. The quantitative estimate of drug-likeness (QED) is 0.254. The zero-order chi connectivity index (χ0) is 24.5. The van der Waals surface area contributed by atoms with E-state index in [-0.39, 0.29) is 6.61 Å². The van der Waals surface area contributed by atoms with Crippen LogP contribution in [0, 0.1) is 6.92 Å². The number of rotatable bonds is 7. The van der Waals surface area contributed by atoms with Gasteiger partial charge >= 0.3 is 11.8 Å². The summed E-state index contributed by atoms with van der Waals surface area (Å²) < 4.78 is 5.57. The van der Waals surface area contributed by atoms with E-state index in [4.69, 9.17) is 27.9 Å². The molecule has 0 saturated carbocycles. The lowest BCUT2D eigenvalue weighted by Gasteiger charge is -2.10. The van der Waals surface area contributed by atoms with Crippen LogP contribution in [0.25, 0.3) is 0 Å². The molecule has 3 aromatic rings. The lowest BCUT2D eigenvalue weighted by molar-refractivity contribution is -0.136. The summed E-state index contributed by atoms with van der Waals surface area (Å²) in [4.78, 5) is 36.3. The highest BCUT2D eigenvalue weighted by molar-refractivity contribution is 6.42. The summed E-state index contributed by atoms with van der Waals surface area (Å²) in [6.07, 6.45) is 1.31. The maximum Gasteiger partial charge on any atom is 0.329 e. The molecular formula is C24H20Cl2N4O4. The van der Waals surface area contributed by atoms with Gasteiger partial charge < -0.3 is 15.4 Å². The Labute approximate surface area is 205 Å². The number of nitrogens with zero attached hydrogens (tertiary/aromatic N) is 1. The van der Waals surface area contributed by atoms with Crippen molar-refractivity contribution >= 4 is 58.5 Å². The van der Waals surface area contributed by atoms with Gasteiger partial charge in [0.05, 0.1) is 16.3 Å². The molecule has 0 unspecified atom stereocenters. The summed E-state index contributed by atoms with van der Waals surface area (Å²) in [5, 5.41) is 9.67. The fraction of sp³-hybridized carbons (Fsp3) is 0.0833. The van der Waals surface area contributed by atoms with Crippen LogP contribution < -0.4 is 20.8 Å². The number of benzene rings is 3. The average Bonchev–Trinajstić information content (AvgIpc) is 2.82. The number of anilines is 2. The Kier molecular flexibility index (Phi) is 8.61. The molecule has 3 rings (SSSR count). The molecule has 8 nitrogen and oxygen atoms in total. The third-order valence-corrected chi connectivity index (χ3v) is 5.19. The van der Waals surface area contributed by atoms with Gasteiger partial charge in [-0.3, -0.25) is 14.4 Å². The van der Waals surface area contributed by atoms with Crippen LogP contribution in [0.1, 0.15) is 11.1 Å². The highest BCUT2D eigenvalue weighted by Gasteiger charge is 2.14. The van der Waals surface area contributed by atoms with Crippen LogP contribution in [-0.2, 0) is 14.4 Å². The van der Waals surface area contributed by atoms with E-state index in [0.29, 0.717) is 32.7 Å². The average molecular weight is 499 g/mol. The van der Waals surface area contributed by atoms with Gasteiger partial charge in [-0.15, -0.1) is 0 Å². The van der Waals surface area contributed by atoms with Gasteiger partial charge in [-0.05, 0) is 48.9 Å². The van der Waals surface area contributed by atoms with Crippen molar-refractivity contribution in [2.45, 2.75) is 6.92 Å². The van der Waals surface area contributed by atoms with Gasteiger partial charge in [0, 0.05) is 16.9 Å². The van der Waals surface area contributed by atoms with Crippen LogP contribution in [0.5, 0.6) is 5.75 Å². The molecule has 0 aliphatic heterocycles. The zero-order valence-corrected chi connectivity index (χ0v) is 19.5. The van der Waals surface area contributed by atoms with Crippen molar-refractivity contribution < 1.29 is 19.1 Å². The minimum absolute atomic E-state index is 0.281. The number of para-hydroxylation sites is 2. The number of hydrogen-bond donors (Lipinski definition) is 3. The van der Waals surface area contributed by atoms with Gasteiger partial charge in [0.25, 0.3) is 5.91 Å². The van der Waals surface area contributed by atoms with E-state index in [2.05, 4.69) is 21.2 Å². The molecule has 0 bridgehead atoms. The molecule has 0 aliphatic carbocycles. The molecule has 0 saturated heterocycles. The van der Waals surface area contributed by atoms with Gasteiger partial charge in [-0.1, -0.05) is 53.5 Å². The fourth-order valence-corrected chi connectivity index (χ4v) is 3.03. The molecule has 0 aliphatic rings. The maximum atomic E-state index is 12.2. The van der Waals surface area contributed by atoms with E-state index < -0.39 is 17.7 Å². The molecule has 0 heterocycles. The van der Waals surface area contributed by atoms with E-state index in [1.54, 1.807) is 48.5 Å². The Balaban J connectivity index is 1.54. The third kappa shape index (κ3) is 7.06. The van der Waals surface area contributed by atoms with Gasteiger partial charge in [0.15, 0.2) is 6.61 Å². The Morgan fingerprint density at radius 2 is 1.65 bits per heavy atom. The molecule has 3 amide bonds. The summed E-state index contributed by atoms with van der Waals surface area (Å²) >= 11 is 11.8. The van der Waals surface area contributed by atoms with E-state index in [0.717, 1.165) is 5.56 Å². The second-order valence-corrected chi connectivity index (χ2v) is 7.79. The van der Waals surface area contributed by atoms with Crippen LogP contribution >= 0.6 is 23.2 Å². The Morgan fingerprint density at radius 3 is 2.41 bits per heavy atom. The molecule has 174 valence electrons. The summed E-state index contributed by atoms with van der Waals surface area (Å²) in [5.74, 6) is -1.84. The molecule has 10 heteroatoms. The van der Waals surface area contributed by atoms with E-state index in [1.165, 1.54) is 12.3 Å². The predicted molar refractivity (Wildman–Crippen MR) is 133 cm³/mol. The lowest BCUT2D eigenvalue weighted by atomic mass is 10.2. The van der Waals surface area contributed by atoms with E-state index in [9.17, 15) is 14.4 Å². The highest BCUT2D eigenvalue weighted by atomic mass is 35.5.